The Balaban J connectivity index is 3.80. The molecule has 0 fully saturated rings. The van der Waals surface area contributed by atoms with Gasteiger partial charge in [0.05, 0.1) is 12.2 Å². The van der Waals surface area contributed by atoms with Crippen LogP contribution in [0.3, 0.4) is 0 Å². The number of rotatable bonds is 7. The molecular formula is C10H20O2. The first-order chi connectivity index (χ1) is 5.76. The van der Waals surface area contributed by atoms with E-state index in [0.717, 1.165) is 12.8 Å². The van der Waals surface area contributed by atoms with Crippen molar-refractivity contribution in [1.82, 2.24) is 0 Å². The van der Waals surface area contributed by atoms with Crippen LogP contribution in [-0.4, -0.2) is 23.9 Å². The molecule has 2 unspecified atom stereocenters. The van der Waals surface area contributed by atoms with E-state index in [0.29, 0.717) is 13.0 Å². The maximum absolute atomic E-state index is 9.57. The molecule has 2 nitrogen and oxygen atoms in total. The molecule has 0 rings (SSSR count). The van der Waals surface area contributed by atoms with Gasteiger partial charge in [0.25, 0.3) is 0 Å². The SMILES string of the molecule is C=CCC(O)C(CCC)OCC. The van der Waals surface area contributed by atoms with Crippen molar-refractivity contribution in [1.29, 1.82) is 0 Å². The summed E-state index contributed by atoms with van der Waals surface area (Å²) in [4.78, 5) is 0. The Morgan fingerprint density at radius 3 is 2.58 bits per heavy atom. The number of aliphatic hydroxyl groups excluding tert-OH is 1. The van der Waals surface area contributed by atoms with Gasteiger partial charge in [0, 0.05) is 6.61 Å². The molecule has 0 aromatic carbocycles. The maximum atomic E-state index is 9.57. The van der Waals surface area contributed by atoms with Crippen molar-refractivity contribution in [2.45, 2.75) is 45.3 Å². The summed E-state index contributed by atoms with van der Waals surface area (Å²) in [6, 6.07) is 0. The molecule has 0 spiro atoms. The molecule has 0 heterocycles. The second-order valence-corrected chi connectivity index (χ2v) is 2.87. The predicted octanol–water partition coefficient (Wildman–Crippen LogP) is 2.13. The summed E-state index contributed by atoms with van der Waals surface area (Å²) in [5.74, 6) is 0. The fourth-order valence-electron chi connectivity index (χ4n) is 1.21. The molecule has 0 aliphatic heterocycles. The highest BCUT2D eigenvalue weighted by atomic mass is 16.5. The van der Waals surface area contributed by atoms with Crippen LogP contribution in [0.1, 0.15) is 33.1 Å². The van der Waals surface area contributed by atoms with Crippen molar-refractivity contribution in [2.24, 2.45) is 0 Å². The largest absolute Gasteiger partial charge is 0.390 e. The van der Waals surface area contributed by atoms with Gasteiger partial charge in [0.1, 0.15) is 0 Å². The number of ether oxygens (including phenoxy) is 1. The summed E-state index contributed by atoms with van der Waals surface area (Å²) in [7, 11) is 0. The molecule has 12 heavy (non-hydrogen) atoms. The van der Waals surface area contributed by atoms with Gasteiger partial charge in [-0.3, -0.25) is 0 Å². The third-order valence-corrected chi connectivity index (χ3v) is 1.79. The fourth-order valence-corrected chi connectivity index (χ4v) is 1.21. The second-order valence-electron chi connectivity index (χ2n) is 2.87. The predicted molar refractivity (Wildman–Crippen MR) is 51.1 cm³/mol. The highest BCUT2D eigenvalue weighted by Crippen LogP contribution is 2.10. The topological polar surface area (TPSA) is 29.5 Å². The van der Waals surface area contributed by atoms with Gasteiger partial charge < -0.3 is 9.84 Å². The van der Waals surface area contributed by atoms with Gasteiger partial charge >= 0.3 is 0 Å². The normalized spacial score (nSPS) is 15.6. The average molecular weight is 172 g/mol. The summed E-state index contributed by atoms with van der Waals surface area (Å²) in [6.45, 7) is 8.29. The van der Waals surface area contributed by atoms with E-state index in [1.807, 2.05) is 6.92 Å². The van der Waals surface area contributed by atoms with Gasteiger partial charge in [-0.2, -0.15) is 0 Å². The minimum absolute atomic E-state index is 0.0157. The quantitative estimate of drug-likeness (QED) is 0.596. The van der Waals surface area contributed by atoms with Gasteiger partial charge in [0.2, 0.25) is 0 Å². The molecular weight excluding hydrogens is 152 g/mol. The lowest BCUT2D eigenvalue weighted by molar-refractivity contribution is -0.0352. The van der Waals surface area contributed by atoms with E-state index >= 15 is 0 Å². The van der Waals surface area contributed by atoms with Crippen molar-refractivity contribution < 1.29 is 9.84 Å². The Morgan fingerprint density at radius 1 is 1.50 bits per heavy atom. The van der Waals surface area contributed by atoms with Crippen molar-refractivity contribution in [3.05, 3.63) is 12.7 Å². The van der Waals surface area contributed by atoms with E-state index in [-0.39, 0.29) is 12.2 Å². The van der Waals surface area contributed by atoms with E-state index < -0.39 is 0 Å². The fraction of sp³-hybridized carbons (Fsp3) is 0.800. The molecule has 72 valence electrons. The Kier molecular flexibility index (Phi) is 7.11. The minimum Gasteiger partial charge on any atom is -0.390 e. The highest BCUT2D eigenvalue weighted by molar-refractivity contribution is 4.78. The monoisotopic (exact) mass is 172 g/mol. The van der Waals surface area contributed by atoms with Crippen LogP contribution in [0.25, 0.3) is 0 Å². The van der Waals surface area contributed by atoms with Gasteiger partial charge in [-0.15, -0.1) is 6.58 Å². The number of hydrogen-bond donors (Lipinski definition) is 1. The first kappa shape index (κ1) is 11.7. The zero-order chi connectivity index (χ0) is 9.40. The van der Waals surface area contributed by atoms with Crippen LogP contribution in [-0.2, 0) is 4.74 Å². The summed E-state index contributed by atoms with van der Waals surface area (Å²) in [6.07, 6.45) is 3.90. The summed E-state index contributed by atoms with van der Waals surface area (Å²) < 4.78 is 5.40. The average Bonchev–Trinajstić information content (AvgIpc) is 2.04. The molecule has 0 amide bonds. The first-order valence-electron chi connectivity index (χ1n) is 4.66. The van der Waals surface area contributed by atoms with Crippen LogP contribution < -0.4 is 0 Å². The van der Waals surface area contributed by atoms with E-state index in [2.05, 4.69) is 13.5 Å². The third-order valence-electron chi connectivity index (χ3n) is 1.79. The number of aliphatic hydroxyl groups is 1. The first-order valence-corrected chi connectivity index (χ1v) is 4.66. The molecule has 2 atom stereocenters. The number of hydrogen-bond acceptors (Lipinski definition) is 2. The molecule has 0 bridgehead atoms. The van der Waals surface area contributed by atoms with Crippen LogP contribution in [0.4, 0.5) is 0 Å². The molecule has 1 N–H and O–H groups in total. The van der Waals surface area contributed by atoms with Crippen LogP contribution in [0.5, 0.6) is 0 Å². The van der Waals surface area contributed by atoms with Crippen molar-refractivity contribution in [3.8, 4) is 0 Å². The Bertz CT molecular complexity index is 106. The van der Waals surface area contributed by atoms with E-state index in [9.17, 15) is 5.11 Å². The van der Waals surface area contributed by atoms with E-state index in [4.69, 9.17) is 4.74 Å². The van der Waals surface area contributed by atoms with E-state index in [1.54, 1.807) is 6.08 Å². The van der Waals surface area contributed by atoms with Crippen LogP contribution in [0.2, 0.25) is 0 Å². The van der Waals surface area contributed by atoms with Gasteiger partial charge in [0.15, 0.2) is 0 Å². The van der Waals surface area contributed by atoms with Crippen molar-refractivity contribution in [3.63, 3.8) is 0 Å². The molecule has 2 heteroatoms. The zero-order valence-electron chi connectivity index (χ0n) is 8.12. The molecule has 0 aliphatic carbocycles. The van der Waals surface area contributed by atoms with Gasteiger partial charge in [-0.1, -0.05) is 19.4 Å². The Hall–Kier alpha value is -0.340. The van der Waals surface area contributed by atoms with Gasteiger partial charge in [-0.25, -0.2) is 0 Å². The summed E-state index contributed by atoms with van der Waals surface area (Å²) in [5, 5.41) is 9.57. The standard InChI is InChI=1S/C10H20O2/c1-4-7-9(11)10(8-5-2)12-6-3/h4,9-11H,1,5-8H2,2-3H3. The summed E-state index contributed by atoms with van der Waals surface area (Å²) in [5.41, 5.74) is 0. The molecule has 0 aromatic rings. The van der Waals surface area contributed by atoms with Crippen molar-refractivity contribution >= 4 is 0 Å². The van der Waals surface area contributed by atoms with Gasteiger partial charge in [-0.05, 0) is 19.8 Å². The van der Waals surface area contributed by atoms with Crippen molar-refractivity contribution in [2.75, 3.05) is 6.61 Å². The van der Waals surface area contributed by atoms with E-state index in [1.165, 1.54) is 0 Å². The lowest BCUT2D eigenvalue weighted by atomic mass is 10.1. The molecule has 0 saturated carbocycles. The molecule has 0 radical (unpaired) electrons. The zero-order valence-corrected chi connectivity index (χ0v) is 8.12. The third kappa shape index (κ3) is 4.52. The van der Waals surface area contributed by atoms with Crippen LogP contribution in [0, 0.1) is 0 Å². The second kappa shape index (κ2) is 7.32. The Morgan fingerprint density at radius 2 is 2.17 bits per heavy atom. The molecule has 0 saturated heterocycles. The summed E-state index contributed by atoms with van der Waals surface area (Å²) >= 11 is 0. The minimum atomic E-state index is -0.387. The molecule has 0 aliphatic rings. The molecule has 0 aromatic heterocycles. The lowest BCUT2D eigenvalue weighted by Gasteiger charge is -2.21. The van der Waals surface area contributed by atoms with Crippen LogP contribution >= 0.6 is 0 Å². The highest BCUT2D eigenvalue weighted by Gasteiger charge is 2.16. The lowest BCUT2D eigenvalue weighted by Crippen LogP contribution is -2.28. The Labute approximate surface area is 75.2 Å². The smallest absolute Gasteiger partial charge is 0.0836 e. The van der Waals surface area contributed by atoms with Crippen LogP contribution in [0.15, 0.2) is 12.7 Å². The maximum Gasteiger partial charge on any atom is 0.0836 e.